The Morgan fingerprint density at radius 1 is 0.680 bits per heavy atom. The molecule has 0 spiro atoms. The van der Waals surface area contributed by atoms with Crippen LogP contribution in [0, 0.1) is 0 Å². The second-order valence-electron chi connectivity index (χ2n) is 5.64. The molecule has 0 nitrogen and oxygen atoms in total. The average molecular weight is 456 g/mol. The quantitative estimate of drug-likeness (QED) is 0.466. The summed E-state index contributed by atoms with van der Waals surface area (Å²) < 4.78 is 4.60. The minimum absolute atomic E-state index is 0.388. The van der Waals surface area contributed by atoms with E-state index in [1.54, 1.807) is 10.0 Å². The summed E-state index contributed by atoms with van der Waals surface area (Å²) in [4.78, 5) is 0. The van der Waals surface area contributed by atoms with Crippen molar-refractivity contribution in [2.45, 2.75) is 18.7 Å². The van der Waals surface area contributed by atoms with Crippen LogP contribution in [0.15, 0.2) is 95.5 Å². The second kappa shape index (κ2) is 9.80. The standard InChI is InChI=1S/C23H22Se2/c1-2-22(19-12-6-3-7-13-19)23(25-21-16-10-5-11-17-21)18-24-20-14-8-4-9-15-20/h3-17H,2,18H2,1H3/b23-22-. The summed E-state index contributed by atoms with van der Waals surface area (Å²) in [6.45, 7) is 2.29. The topological polar surface area (TPSA) is 0 Å². The molecule has 2 heteroatoms. The van der Waals surface area contributed by atoms with E-state index in [1.165, 1.54) is 19.8 Å². The number of hydrogen-bond donors (Lipinski definition) is 0. The van der Waals surface area contributed by atoms with E-state index in [9.17, 15) is 0 Å². The van der Waals surface area contributed by atoms with Gasteiger partial charge in [-0.3, -0.25) is 0 Å². The summed E-state index contributed by atoms with van der Waals surface area (Å²) >= 11 is 0.876. The molecule has 0 fully saturated rings. The zero-order chi connectivity index (χ0) is 17.3. The molecule has 126 valence electrons. The number of hydrogen-bond acceptors (Lipinski definition) is 0. The minimum atomic E-state index is 0.388. The van der Waals surface area contributed by atoms with Gasteiger partial charge >= 0.3 is 164 Å². The Morgan fingerprint density at radius 3 is 1.76 bits per heavy atom. The van der Waals surface area contributed by atoms with Crippen molar-refractivity contribution >= 4 is 44.4 Å². The fourth-order valence-electron chi connectivity index (χ4n) is 2.68. The van der Waals surface area contributed by atoms with Gasteiger partial charge in [-0.05, 0) is 0 Å². The summed E-state index contributed by atoms with van der Waals surface area (Å²) in [6.07, 6.45) is 1.10. The van der Waals surface area contributed by atoms with Gasteiger partial charge < -0.3 is 0 Å². The van der Waals surface area contributed by atoms with Crippen LogP contribution in [0.25, 0.3) is 5.57 Å². The Labute approximate surface area is 163 Å². The Kier molecular flexibility index (Phi) is 7.15. The van der Waals surface area contributed by atoms with E-state index in [4.69, 9.17) is 0 Å². The molecule has 0 aromatic heterocycles. The second-order valence-corrected chi connectivity index (χ2v) is 10.3. The van der Waals surface area contributed by atoms with Crippen molar-refractivity contribution in [1.29, 1.82) is 0 Å². The zero-order valence-corrected chi connectivity index (χ0v) is 17.8. The normalized spacial score (nSPS) is 11.9. The molecular formula is C23H22Se2. The van der Waals surface area contributed by atoms with Crippen molar-refractivity contribution in [3.8, 4) is 0 Å². The predicted molar refractivity (Wildman–Crippen MR) is 112 cm³/mol. The zero-order valence-electron chi connectivity index (χ0n) is 14.4. The molecule has 0 bridgehead atoms. The molecule has 25 heavy (non-hydrogen) atoms. The first-order valence-electron chi connectivity index (χ1n) is 8.55. The molecule has 0 aliphatic rings. The molecule has 0 N–H and O–H groups in total. The SMILES string of the molecule is CC/C(=C(\C[Se]c1ccccc1)[Se]c1ccccc1)c1ccccc1. The summed E-state index contributed by atoms with van der Waals surface area (Å²) in [7, 11) is 0. The Balaban J connectivity index is 1.91. The van der Waals surface area contributed by atoms with Crippen LogP contribution in [0.2, 0.25) is 5.32 Å². The molecule has 0 radical (unpaired) electrons. The van der Waals surface area contributed by atoms with Gasteiger partial charge in [0.2, 0.25) is 0 Å². The van der Waals surface area contributed by atoms with Crippen LogP contribution in [0.4, 0.5) is 0 Å². The number of rotatable bonds is 7. The van der Waals surface area contributed by atoms with Crippen LogP contribution in [-0.2, 0) is 0 Å². The molecule has 0 amide bonds. The molecule has 3 aromatic carbocycles. The Morgan fingerprint density at radius 2 is 1.20 bits per heavy atom. The van der Waals surface area contributed by atoms with Gasteiger partial charge in [-0.1, -0.05) is 0 Å². The first-order valence-corrected chi connectivity index (χ1v) is 12.3. The fraction of sp³-hybridized carbons (Fsp3) is 0.130. The first-order chi connectivity index (χ1) is 12.4. The van der Waals surface area contributed by atoms with Crippen molar-refractivity contribution < 1.29 is 0 Å². The fourth-order valence-corrected chi connectivity index (χ4v) is 7.83. The molecular weight excluding hydrogens is 434 g/mol. The number of allylic oxidation sites excluding steroid dienone is 2. The van der Waals surface area contributed by atoms with Crippen LogP contribution < -0.4 is 8.92 Å². The number of benzene rings is 3. The van der Waals surface area contributed by atoms with E-state index in [1.807, 2.05) is 0 Å². The maximum absolute atomic E-state index is 2.29. The third-order valence-corrected chi connectivity index (χ3v) is 9.42. The molecule has 0 aliphatic carbocycles. The van der Waals surface area contributed by atoms with Gasteiger partial charge in [0.1, 0.15) is 0 Å². The monoisotopic (exact) mass is 458 g/mol. The van der Waals surface area contributed by atoms with Gasteiger partial charge in [0, 0.05) is 0 Å². The third kappa shape index (κ3) is 5.46. The van der Waals surface area contributed by atoms with Crippen molar-refractivity contribution in [3.63, 3.8) is 0 Å². The summed E-state index contributed by atoms with van der Waals surface area (Å²) in [6, 6.07) is 32.8. The van der Waals surface area contributed by atoms with E-state index in [0.717, 1.165) is 6.42 Å². The van der Waals surface area contributed by atoms with Crippen LogP contribution >= 0.6 is 0 Å². The van der Waals surface area contributed by atoms with Crippen LogP contribution in [0.1, 0.15) is 18.9 Å². The molecule has 3 rings (SSSR count). The maximum atomic E-state index is 2.29. The Bertz CT molecular complexity index is 793. The van der Waals surface area contributed by atoms with Crippen molar-refractivity contribution in [2.24, 2.45) is 0 Å². The van der Waals surface area contributed by atoms with E-state index in [2.05, 4.69) is 97.9 Å². The van der Waals surface area contributed by atoms with E-state index in [-0.39, 0.29) is 0 Å². The molecule has 0 saturated heterocycles. The molecule has 0 saturated carbocycles. The van der Waals surface area contributed by atoms with Gasteiger partial charge in [-0.25, -0.2) is 0 Å². The summed E-state index contributed by atoms with van der Waals surface area (Å²) in [5.74, 6) is 0. The van der Waals surface area contributed by atoms with Gasteiger partial charge in [0.25, 0.3) is 0 Å². The third-order valence-electron chi connectivity index (χ3n) is 3.91. The molecule has 0 aliphatic heterocycles. The first kappa shape index (κ1) is 18.2. The van der Waals surface area contributed by atoms with Crippen molar-refractivity contribution in [2.75, 3.05) is 0 Å². The van der Waals surface area contributed by atoms with Crippen LogP contribution in [0.5, 0.6) is 0 Å². The Hall–Kier alpha value is -1.56. The average Bonchev–Trinajstić information content (AvgIpc) is 2.69. The summed E-state index contributed by atoms with van der Waals surface area (Å²) in [5, 5.41) is 1.20. The van der Waals surface area contributed by atoms with Gasteiger partial charge in [0.15, 0.2) is 0 Å². The van der Waals surface area contributed by atoms with Crippen molar-refractivity contribution in [3.05, 3.63) is 101 Å². The van der Waals surface area contributed by atoms with E-state index < -0.39 is 0 Å². The van der Waals surface area contributed by atoms with Gasteiger partial charge in [-0.15, -0.1) is 0 Å². The molecule has 0 heterocycles. The predicted octanol–water partition coefficient (Wildman–Crippen LogP) is 4.29. The molecule has 0 unspecified atom stereocenters. The molecule has 3 aromatic rings. The summed E-state index contributed by atoms with van der Waals surface area (Å²) in [5.41, 5.74) is 2.93. The van der Waals surface area contributed by atoms with Crippen molar-refractivity contribution in [1.82, 2.24) is 0 Å². The molecule has 0 atom stereocenters. The van der Waals surface area contributed by atoms with E-state index >= 15 is 0 Å². The van der Waals surface area contributed by atoms with Crippen LogP contribution in [0.3, 0.4) is 0 Å². The van der Waals surface area contributed by atoms with E-state index in [0.29, 0.717) is 29.9 Å². The van der Waals surface area contributed by atoms with Gasteiger partial charge in [-0.2, -0.15) is 0 Å². The van der Waals surface area contributed by atoms with Gasteiger partial charge in [0.05, 0.1) is 0 Å². The van der Waals surface area contributed by atoms with Crippen LogP contribution in [-0.4, -0.2) is 29.9 Å².